The summed E-state index contributed by atoms with van der Waals surface area (Å²) < 4.78 is 22.4. The van der Waals surface area contributed by atoms with Gasteiger partial charge in [-0.15, -0.1) is 0 Å². The normalized spacial score (nSPS) is 26.0. The molecule has 0 saturated carbocycles. The van der Waals surface area contributed by atoms with Crippen LogP contribution < -0.4 is 14.2 Å². The Bertz CT molecular complexity index is 921. The lowest BCUT2D eigenvalue weighted by molar-refractivity contribution is -0.141. The summed E-state index contributed by atoms with van der Waals surface area (Å²) in [5.41, 5.74) is 0.172. The number of amides is 1. The molecule has 2 aromatic rings. The van der Waals surface area contributed by atoms with E-state index < -0.39 is 5.60 Å². The molecule has 3 aliphatic heterocycles. The molecule has 0 aromatic heterocycles. The molecule has 146 valence electrons. The minimum Gasteiger partial charge on any atom is -0.488 e. The number of nitrogens with zero attached hydrogens (tertiary/aromatic N) is 1. The molecule has 3 aliphatic rings. The largest absolute Gasteiger partial charge is 0.488 e. The van der Waals surface area contributed by atoms with Crippen molar-refractivity contribution in [2.75, 3.05) is 19.9 Å². The molecule has 0 unspecified atom stereocenters. The summed E-state index contributed by atoms with van der Waals surface area (Å²) in [6.45, 7) is 2.99. The number of fused-ring (bicyclic) bond motifs is 2. The highest BCUT2D eigenvalue weighted by atomic mass is 35.5. The highest BCUT2D eigenvalue weighted by molar-refractivity contribution is 6.32. The van der Waals surface area contributed by atoms with Crippen LogP contribution in [0.3, 0.4) is 0 Å². The van der Waals surface area contributed by atoms with Gasteiger partial charge in [-0.2, -0.15) is 0 Å². The first-order chi connectivity index (χ1) is 13.6. The minimum absolute atomic E-state index is 0.0233. The van der Waals surface area contributed by atoms with Crippen molar-refractivity contribution in [3.05, 3.63) is 53.1 Å². The number of carbonyl (C=O) groups excluding carboxylic acids is 1. The van der Waals surface area contributed by atoms with E-state index in [1.807, 2.05) is 42.2 Å². The van der Waals surface area contributed by atoms with Crippen molar-refractivity contribution in [1.29, 1.82) is 0 Å². The fourth-order valence-corrected chi connectivity index (χ4v) is 4.17. The number of rotatable bonds is 5. The van der Waals surface area contributed by atoms with Gasteiger partial charge in [-0.1, -0.05) is 41.9 Å². The molecule has 0 aliphatic carbocycles. The number of hydrogen-bond donors (Lipinski definition) is 0. The lowest BCUT2D eigenvalue weighted by atomic mass is 9.94. The van der Waals surface area contributed by atoms with E-state index in [0.717, 1.165) is 12.0 Å². The molecule has 5 rings (SSSR count). The molecular weight excluding hydrogens is 382 g/mol. The van der Waals surface area contributed by atoms with Gasteiger partial charge in [-0.25, -0.2) is 0 Å². The number of epoxide rings is 1. The van der Waals surface area contributed by atoms with E-state index in [2.05, 4.69) is 0 Å². The van der Waals surface area contributed by atoms with E-state index >= 15 is 0 Å². The van der Waals surface area contributed by atoms with Gasteiger partial charge in [0.2, 0.25) is 12.4 Å². The van der Waals surface area contributed by atoms with E-state index in [4.69, 9.17) is 30.5 Å². The van der Waals surface area contributed by atoms with Crippen molar-refractivity contribution in [3.63, 3.8) is 0 Å². The Hall–Kier alpha value is -2.44. The van der Waals surface area contributed by atoms with Gasteiger partial charge >= 0.3 is 0 Å². The molecule has 6 nitrogen and oxygen atoms in total. The van der Waals surface area contributed by atoms with Crippen LogP contribution in [0.4, 0.5) is 0 Å². The Morgan fingerprint density at radius 1 is 1.25 bits per heavy atom. The van der Waals surface area contributed by atoms with Crippen LogP contribution in [0.5, 0.6) is 17.2 Å². The Labute approximate surface area is 167 Å². The third-order valence-electron chi connectivity index (χ3n) is 5.69. The fraction of sp³-hybridized carbons (Fsp3) is 0.381. The number of carbonyl (C=O) groups is 1. The molecule has 1 amide bonds. The van der Waals surface area contributed by atoms with Crippen molar-refractivity contribution in [2.24, 2.45) is 0 Å². The Kier molecular flexibility index (Phi) is 4.14. The molecule has 28 heavy (non-hydrogen) atoms. The second-order valence-corrected chi connectivity index (χ2v) is 7.70. The number of halogens is 1. The quantitative estimate of drug-likeness (QED) is 0.717. The highest BCUT2D eigenvalue weighted by Gasteiger charge is 2.67. The van der Waals surface area contributed by atoms with Crippen LogP contribution in [-0.2, 0) is 9.53 Å². The molecule has 3 atom stereocenters. The van der Waals surface area contributed by atoms with Crippen molar-refractivity contribution in [3.8, 4) is 17.2 Å². The standard InChI is InChI=1S/C21H20ClNO5/c1-13(14-5-3-2-4-6-14)23-8-7-19-21(28-19,20(23)24)11-25-16-10-18-17(9-15(16)22)26-12-27-18/h2-6,9-10,13,19H,7-8,11-12H2,1H3/t13-,19-,21-/m0/s1. The smallest absolute Gasteiger partial charge is 0.261 e. The maximum atomic E-state index is 13.2. The van der Waals surface area contributed by atoms with Crippen LogP contribution in [-0.4, -0.2) is 42.5 Å². The zero-order valence-corrected chi connectivity index (χ0v) is 16.1. The van der Waals surface area contributed by atoms with E-state index in [-0.39, 0.29) is 31.5 Å². The second kappa shape index (κ2) is 6.57. The number of ether oxygens (including phenoxy) is 4. The third kappa shape index (κ3) is 2.79. The number of hydrogen-bond acceptors (Lipinski definition) is 5. The van der Waals surface area contributed by atoms with E-state index in [0.29, 0.717) is 28.8 Å². The van der Waals surface area contributed by atoms with Crippen molar-refractivity contribution in [2.45, 2.75) is 31.1 Å². The third-order valence-corrected chi connectivity index (χ3v) is 5.98. The second-order valence-electron chi connectivity index (χ2n) is 7.29. The van der Waals surface area contributed by atoms with Gasteiger partial charge in [0.25, 0.3) is 5.91 Å². The monoisotopic (exact) mass is 401 g/mol. The zero-order chi connectivity index (χ0) is 19.3. The van der Waals surface area contributed by atoms with Crippen molar-refractivity contribution < 1.29 is 23.7 Å². The Morgan fingerprint density at radius 3 is 2.79 bits per heavy atom. The van der Waals surface area contributed by atoms with Gasteiger partial charge in [0.15, 0.2) is 11.5 Å². The first kappa shape index (κ1) is 17.6. The van der Waals surface area contributed by atoms with Crippen LogP contribution in [0.25, 0.3) is 0 Å². The van der Waals surface area contributed by atoms with Gasteiger partial charge in [0.1, 0.15) is 18.5 Å². The molecule has 0 radical (unpaired) electrons. The predicted molar refractivity (Wildman–Crippen MR) is 102 cm³/mol. The van der Waals surface area contributed by atoms with Crippen LogP contribution in [0, 0.1) is 0 Å². The lowest BCUT2D eigenvalue weighted by Gasteiger charge is -2.34. The highest BCUT2D eigenvalue weighted by Crippen LogP contribution is 2.47. The first-order valence-corrected chi connectivity index (χ1v) is 9.72. The van der Waals surface area contributed by atoms with Crippen LogP contribution >= 0.6 is 11.6 Å². The van der Waals surface area contributed by atoms with Gasteiger partial charge in [-0.05, 0) is 18.9 Å². The van der Waals surface area contributed by atoms with Gasteiger partial charge < -0.3 is 23.8 Å². The average Bonchev–Trinajstić information content (AvgIpc) is 3.28. The fourth-order valence-electron chi connectivity index (χ4n) is 3.96. The Balaban J connectivity index is 1.33. The summed E-state index contributed by atoms with van der Waals surface area (Å²) in [5, 5.41) is 0.413. The molecular formula is C21H20ClNO5. The van der Waals surface area contributed by atoms with Gasteiger partial charge in [0, 0.05) is 18.7 Å². The average molecular weight is 402 g/mol. The molecule has 2 aromatic carbocycles. The number of likely N-dealkylation sites (tertiary alicyclic amines) is 1. The summed E-state index contributed by atoms with van der Waals surface area (Å²) in [7, 11) is 0. The summed E-state index contributed by atoms with van der Waals surface area (Å²) in [5.74, 6) is 1.60. The number of benzene rings is 2. The SMILES string of the molecule is C[C@@H](c1ccccc1)N1CC[C@@H]2O[C@]2(COc2cc3c(cc2Cl)OCO3)C1=O. The Morgan fingerprint density at radius 2 is 2.00 bits per heavy atom. The van der Waals surface area contributed by atoms with Crippen LogP contribution in [0.1, 0.15) is 24.9 Å². The topological polar surface area (TPSA) is 60.5 Å². The summed E-state index contributed by atoms with van der Waals surface area (Å²) in [6.07, 6.45) is 0.688. The van der Waals surface area contributed by atoms with Crippen LogP contribution in [0.2, 0.25) is 5.02 Å². The van der Waals surface area contributed by atoms with E-state index in [9.17, 15) is 4.79 Å². The van der Waals surface area contributed by atoms with Gasteiger partial charge in [0.05, 0.1) is 11.1 Å². The molecule has 0 bridgehead atoms. The zero-order valence-electron chi connectivity index (χ0n) is 15.4. The lowest BCUT2D eigenvalue weighted by Crippen LogP contribution is -2.51. The summed E-state index contributed by atoms with van der Waals surface area (Å²) >= 11 is 6.28. The molecule has 0 N–H and O–H groups in total. The first-order valence-electron chi connectivity index (χ1n) is 9.34. The van der Waals surface area contributed by atoms with Crippen LogP contribution in [0.15, 0.2) is 42.5 Å². The van der Waals surface area contributed by atoms with Crippen molar-refractivity contribution >= 4 is 17.5 Å². The molecule has 3 heterocycles. The predicted octanol–water partition coefficient (Wildman–Crippen LogP) is 3.58. The minimum atomic E-state index is -0.930. The van der Waals surface area contributed by atoms with Crippen molar-refractivity contribution in [1.82, 2.24) is 4.90 Å². The molecule has 7 heteroatoms. The maximum Gasteiger partial charge on any atom is 0.261 e. The van der Waals surface area contributed by atoms with E-state index in [1.165, 1.54) is 0 Å². The maximum absolute atomic E-state index is 13.2. The summed E-state index contributed by atoms with van der Waals surface area (Å²) in [6, 6.07) is 13.3. The summed E-state index contributed by atoms with van der Waals surface area (Å²) in [4.78, 5) is 15.1. The molecule has 2 saturated heterocycles. The molecule has 2 fully saturated rings. The molecule has 0 spiro atoms. The number of piperidine rings is 1. The van der Waals surface area contributed by atoms with Gasteiger partial charge in [-0.3, -0.25) is 4.79 Å². The van der Waals surface area contributed by atoms with E-state index in [1.54, 1.807) is 12.1 Å².